The van der Waals surface area contributed by atoms with E-state index in [1.165, 1.54) is 6.33 Å². The Labute approximate surface area is 181 Å². The van der Waals surface area contributed by atoms with Crippen molar-refractivity contribution in [2.75, 3.05) is 0 Å². The van der Waals surface area contributed by atoms with Gasteiger partial charge in [-0.05, 0) is 23.1 Å². The molecule has 32 heavy (non-hydrogen) atoms. The van der Waals surface area contributed by atoms with Crippen molar-refractivity contribution in [3.05, 3.63) is 92.6 Å². The van der Waals surface area contributed by atoms with Crippen molar-refractivity contribution in [3.8, 4) is 22.5 Å². The van der Waals surface area contributed by atoms with E-state index < -0.39 is 5.76 Å². The Hall–Kier alpha value is -4.27. The second-order valence-corrected chi connectivity index (χ2v) is 7.49. The van der Waals surface area contributed by atoms with E-state index in [1.54, 1.807) is 4.52 Å². The number of aryl methyl sites for hydroxylation is 1. The highest BCUT2D eigenvalue weighted by Crippen LogP contribution is 2.30. The van der Waals surface area contributed by atoms with Crippen LogP contribution in [-0.2, 0) is 12.8 Å². The highest BCUT2D eigenvalue weighted by Gasteiger charge is 2.15. The highest BCUT2D eigenvalue weighted by atomic mass is 16.5. The predicted molar refractivity (Wildman–Crippen MR) is 118 cm³/mol. The molecule has 3 aromatic heterocycles. The van der Waals surface area contributed by atoms with Crippen molar-refractivity contribution in [2.24, 2.45) is 0 Å². The molecular weight excluding hydrogens is 408 g/mol. The molecule has 5 rings (SSSR count). The predicted octanol–water partition coefficient (Wildman–Crippen LogP) is 2.97. The molecular formula is C23H20N6O3. The van der Waals surface area contributed by atoms with Gasteiger partial charge in [-0.25, -0.2) is 9.31 Å². The molecule has 0 radical (unpaired) electrons. The zero-order chi connectivity index (χ0) is 22.1. The summed E-state index contributed by atoms with van der Waals surface area (Å²) in [4.78, 5) is 33.6. The lowest BCUT2D eigenvalue weighted by molar-refractivity contribution is 0.388. The van der Waals surface area contributed by atoms with Crippen LogP contribution in [0.3, 0.4) is 0 Å². The van der Waals surface area contributed by atoms with Crippen LogP contribution in [-0.4, -0.2) is 29.7 Å². The smallest absolute Gasteiger partial charge is 0.296 e. The highest BCUT2D eigenvalue weighted by molar-refractivity contribution is 5.80. The molecule has 0 spiro atoms. The lowest BCUT2D eigenvalue weighted by atomic mass is 9.96. The van der Waals surface area contributed by atoms with Crippen LogP contribution in [0, 0.1) is 0 Å². The Morgan fingerprint density at radius 2 is 1.78 bits per heavy atom. The normalized spacial score (nSPS) is 11.3. The van der Waals surface area contributed by atoms with E-state index in [0.29, 0.717) is 23.6 Å². The maximum absolute atomic E-state index is 12.7. The Bertz CT molecular complexity index is 1510. The van der Waals surface area contributed by atoms with Gasteiger partial charge in [0, 0.05) is 17.5 Å². The fraction of sp³-hybridized carbons (Fsp3) is 0.174. The minimum atomic E-state index is -0.595. The fourth-order valence-electron chi connectivity index (χ4n) is 3.93. The van der Waals surface area contributed by atoms with E-state index in [1.807, 2.05) is 48.5 Å². The van der Waals surface area contributed by atoms with E-state index in [-0.39, 0.29) is 5.56 Å². The Morgan fingerprint density at radius 3 is 2.50 bits per heavy atom. The van der Waals surface area contributed by atoms with Crippen LogP contribution in [0.15, 0.2) is 69.0 Å². The van der Waals surface area contributed by atoms with Crippen LogP contribution in [0.4, 0.5) is 0 Å². The number of nitrogens with zero attached hydrogens (tertiary/aromatic N) is 4. The monoisotopic (exact) mass is 428 g/mol. The maximum atomic E-state index is 12.7. The summed E-state index contributed by atoms with van der Waals surface area (Å²) in [5, 5.41) is 8.08. The van der Waals surface area contributed by atoms with E-state index in [4.69, 9.17) is 0 Å². The second-order valence-electron chi connectivity index (χ2n) is 7.49. The van der Waals surface area contributed by atoms with Crippen molar-refractivity contribution >= 4 is 5.78 Å². The number of nitrogens with one attached hydrogen (secondary N) is 2. The Kier molecular flexibility index (Phi) is 4.98. The summed E-state index contributed by atoms with van der Waals surface area (Å²) in [6.07, 6.45) is 3.56. The molecule has 0 bridgehead atoms. The van der Waals surface area contributed by atoms with E-state index >= 15 is 0 Å². The molecule has 0 aliphatic carbocycles. The molecule has 0 aliphatic heterocycles. The molecule has 9 nitrogen and oxygen atoms in total. The van der Waals surface area contributed by atoms with Crippen LogP contribution in [0.2, 0.25) is 0 Å². The lowest BCUT2D eigenvalue weighted by Gasteiger charge is -2.11. The number of benzene rings is 2. The standard InChI is InChI=1S/C23H20N6O3/c1-2-5-19-18(21(30)27-22-24-13-25-29(19)22)12-14-8-10-15(11-9-14)16-6-3-4-7-17(16)20-26-23(31)32-28-20/h3-4,6-11,13H,2,5,12H2,1H3,(H,26,28,31)(H,24,25,27,30). The van der Waals surface area contributed by atoms with E-state index in [2.05, 4.69) is 36.7 Å². The van der Waals surface area contributed by atoms with Gasteiger partial charge in [-0.15, -0.1) is 0 Å². The molecule has 3 heterocycles. The van der Waals surface area contributed by atoms with Gasteiger partial charge in [-0.3, -0.25) is 19.3 Å². The van der Waals surface area contributed by atoms with E-state index in [0.717, 1.165) is 40.8 Å². The maximum Gasteiger partial charge on any atom is 0.439 e. The first-order valence-corrected chi connectivity index (χ1v) is 10.3. The summed E-state index contributed by atoms with van der Waals surface area (Å²) in [7, 11) is 0. The molecule has 2 aromatic carbocycles. The molecule has 160 valence electrons. The van der Waals surface area contributed by atoms with Gasteiger partial charge in [0.15, 0.2) is 5.82 Å². The minimum absolute atomic E-state index is 0.140. The molecule has 0 amide bonds. The van der Waals surface area contributed by atoms with Gasteiger partial charge < -0.3 is 0 Å². The third-order valence-corrected chi connectivity index (χ3v) is 5.41. The summed E-state index contributed by atoms with van der Waals surface area (Å²) in [6.45, 7) is 2.07. The number of hydrogen-bond donors (Lipinski definition) is 2. The summed E-state index contributed by atoms with van der Waals surface area (Å²) in [6, 6.07) is 15.6. The molecule has 0 saturated carbocycles. The van der Waals surface area contributed by atoms with Crippen LogP contribution >= 0.6 is 0 Å². The molecule has 0 atom stereocenters. The van der Waals surface area contributed by atoms with Crippen LogP contribution in [0.5, 0.6) is 0 Å². The van der Waals surface area contributed by atoms with Crippen molar-refractivity contribution in [2.45, 2.75) is 26.2 Å². The van der Waals surface area contributed by atoms with Crippen LogP contribution in [0.25, 0.3) is 28.3 Å². The summed E-state index contributed by atoms with van der Waals surface area (Å²) < 4.78 is 6.37. The fourth-order valence-corrected chi connectivity index (χ4v) is 3.93. The van der Waals surface area contributed by atoms with Gasteiger partial charge in [-0.2, -0.15) is 10.1 Å². The van der Waals surface area contributed by atoms with Gasteiger partial charge in [-0.1, -0.05) is 67.0 Å². The molecule has 9 heteroatoms. The van der Waals surface area contributed by atoms with Crippen LogP contribution < -0.4 is 11.3 Å². The number of H-pyrrole nitrogens is 2. The second kappa shape index (κ2) is 8.10. The summed E-state index contributed by atoms with van der Waals surface area (Å²) >= 11 is 0. The van der Waals surface area contributed by atoms with Gasteiger partial charge in [0.05, 0.1) is 5.69 Å². The Balaban J connectivity index is 1.50. The first kappa shape index (κ1) is 19.7. The number of aromatic amines is 2. The topological polar surface area (TPSA) is 122 Å². The molecule has 0 fully saturated rings. The van der Waals surface area contributed by atoms with Gasteiger partial charge >= 0.3 is 5.76 Å². The minimum Gasteiger partial charge on any atom is -0.296 e. The summed E-state index contributed by atoms with van der Waals surface area (Å²) in [5.41, 5.74) is 5.08. The number of fused-ring (bicyclic) bond motifs is 1. The molecule has 0 saturated heterocycles. The van der Waals surface area contributed by atoms with Crippen molar-refractivity contribution in [3.63, 3.8) is 0 Å². The van der Waals surface area contributed by atoms with Crippen molar-refractivity contribution < 1.29 is 4.52 Å². The van der Waals surface area contributed by atoms with Gasteiger partial charge in [0.2, 0.25) is 5.78 Å². The molecule has 5 aromatic rings. The molecule has 0 aliphatic rings. The quantitative estimate of drug-likeness (QED) is 0.429. The van der Waals surface area contributed by atoms with Crippen molar-refractivity contribution in [1.82, 2.24) is 29.7 Å². The lowest BCUT2D eigenvalue weighted by Crippen LogP contribution is -2.20. The van der Waals surface area contributed by atoms with Gasteiger partial charge in [0.1, 0.15) is 6.33 Å². The number of rotatable bonds is 6. The molecule has 0 unspecified atom stereocenters. The van der Waals surface area contributed by atoms with E-state index in [9.17, 15) is 9.59 Å². The molecule has 2 N–H and O–H groups in total. The number of aromatic nitrogens is 6. The zero-order valence-corrected chi connectivity index (χ0v) is 17.3. The largest absolute Gasteiger partial charge is 0.439 e. The summed E-state index contributed by atoms with van der Waals surface area (Å²) in [5.74, 6) is 0.245. The Morgan fingerprint density at radius 1 is 1.00 bits per heavy atom. The average Bonchev–Trinajstić information content (AvgIpc) is 3.45. The third-order valence-electron chi connectivity index (χ3n) is 5.41. The van der Waals surface area contributed by atoms with Gasteiger partial charge in [0.25, 0.3) is 5.56 Å². The number of hydrogen-bond acceptors (Lipinski definition) is 6. The first-order valence-electron chi connectivity index (χ1n) is 10.3. The van der Waals surface area contributed by atoms with Crippen LogP contribution in [0.1, 0.15) is 30.2 Å². The zero-order valence-electron chi connectivity index (χ0n) is 17.3. The first-order chi connectivity index (χ1) is 15.6. The average molecular weight is 428 g/mol. The van der Waals surface area contributed by atoms with Crippen molar-refractivity contribution in [1.29, 1.82) is 0 Å². The third kappa shape index (κ3) is 3.53. The SMILES string of the molecule is CCCc1c(Cc2ccc(-c3ccccc3-c3noc(=O)[nH]3)cc2)c(=O)[nH]c2ncnn12.